The summed E-state index contributed by atoms with van der Waals surface area (Å²) in [6, 6.07) is 12.1. The Kier molecular flexibility index (Phi) is 3.52. The quantitative estimate of drug-likeness (QED) is 0.818. The fourth-order valence-electron chi connectivity index (χ4n) is 2.19. The lowest BCUT2D eigenvalue weighted by molar-refractivity contribution is 1.08. The number of aryl methyl sites for hydroxylation is 3. The molecule has 0 atom stereocenters. The van der Waals surface area contributed by atoms with E-state index in [2.05, 4.69) is 43.1 Å². The summed E-state index contributed by atoms with van der Waals surface area (Å²) in [7, 11) is 1.97. The molecule has 0 unspecified atom stereocenters. The molecule has 0 aliphatic carbocycles. The maximum Gasteiger partial charge on any atom is 0.134 e. The van der Waals surface area contributed by atoms with Gasteiger partial charge in [-0.2, -0.15) is 5.26 Å². The molecule has 0 spiro atoms. The predicted molar refractivity (Wildman–Crippen MR) is 77.7 cm³/mol. The Balaban J connectivity index is 2.47. The molecule has 1 heterocycles. The average molecular weight is 251 g/mol. The van der Waals surface area contributed by atoms with Gasteiger partial charge in [0.2, 0.25) is 0 Å². The van der Waals surface area contributed by atoms with E-state index in [-0.39, 0.29) is 0 Å². The molecule has 1 aromatic heterocycles. The number of rotatable bonds is 2. The second-order valence-electron chi connectivity index (χ2n) is 4.82. The smallest absolute Gasteiger partial charge is 0.134 e. The summed E-state index contributed by atoms with van der Waals surface area (Å²) < 4.78 is 0. The molecule has 0 fully saturated rings. The Labute approximate surface area is 114 Å². The molecule has 0 aliphatic rings. The van der Waals surface area contributed by atoms with Gasteiger partial charge in [0.05, 0.1) is 11.6 Å². The summed E-state index contributed by atoms with van der Waals surface area (Å²) in [5.41, 5.74) is 5.03. The van der Waals surface area contributed by atoms with Crippen molar-refractivity contribution in [2.45, 2.75) is 20.8 Å². The number of hydrogen-bond acceptors (Lipinski definition) is 3. The summed E-state index contributed by atoms with van der Waals surface area (Å²) in [5, 5.41) is 9.03. The molecule has 2 rings (SSSR count). The standard InChI is InChI=1S/C16H17N3/c1-11-5-6-15(12(2)7-11)19(4)16-9-14(10-17)8-13(3)18-16/h5-9H,1-4H3. The fraction of sp³-hybridized carbons (Fsp3) is 0.250. The van der Waals surface area contributed by atoms with Crippen molar-refractivity contribution in [3.63, 3.8) is 0 Å². The molecule has 0 saturated carbocycles. The molecule has 1 aromatic carbocycles. The van der Waals surface area contributed by atoms with Crippen LogP contribution in [0, 0.1) is 32.1 Å². The van der Waals surface area contributed by atoms with Gasteiger partial charge < -0.3 is 4.90 Å². The van der Waals surface area contributed by atoms with Crippen molar-refractivity contribution < 1.29 is 0 Å². The molecule has 0 amide bonds. The van der Waals surface area contributed by atoms with E-state index in [1.165, 1.54) is 11.1 Å². The van der Waals surface area contributed by atoms with E-state index in [9.17, 15) is 0 Å². The molecular weight excluding hydrogens is 234 g/mol. The van der Waals surface area contributed by atoms with Crippen LogP contribution in [0.3, 0.4) is 0 Å². The summed E-state index contributed by atoms with van der Waals surface area (Å²) in [6.45, 7) is 6.06. The maximum atomic E-state index is 9.03. The highest BCUT2D eigenvalue weighted by atomic mass is 15.2. The van der Waals surface area contributed by atoms with E-state index in [4.69, 9.17) is 5.26 Å². The third-order valence-electron chi connectivity index (χ3n) is 3.13. The van der Waals surface area contributed by atoms with Gasteiger partial charge in [0.1, 0.15) is 5.82 Å². The van der Waals surface area contributed by atoms with Crippen molar-refractivity contribution in [3.05, 3.63) is 52.7 Å². The van der Waals surface area contributed by atoms with Crippen LogP contribution in [0.1, 0.15) is 22.4 Å². The highest BCUT2D eigenvalue weighted by Gasteiger charge is 2.10. The molecule has 96 valence electrons. The van der Waals surface area contributed by atoms with Crippen molar-refractivity contribution in [2.24, 2.45) is 0 Å². The monoisotopic (exact) mass is 251 g/mol. The highest BCUT2D eigenvalue weighted by molar-refractivity contribution is 5.64. The normalized spacial score (nSPS) is 10.1. The van der Waals surface area contributed by atoms with Gasteiger partial charge in [-0.05, 0) is 44.5 Å². The summed E-state index contributed by atoms with van der Waals surface area (Å²) in [6.07, 6.45) is 0. The lowest BCUT2D eigenvalue weighted by Gasteiger charge is -2.21. The zero-order valence-electron chi connectivity index (χ0n) is 11.7. The van der Waals surface area contributed by atoms with E-state index < -0.39 is 0 Å². The molecule has 0 radical (unpaired) electrons. The first-order chi connectivity index (χ1) is 9.01. The van der Waals surface area contributed by atoms with Crippen LogP contribution < -0.4 is 4.90 Å². The van der Waals surface area contributed by atoms with Gasteiger partial charge in [-0.3, -0.25) is 0 Å². The Morgan fingerprint density at radius 2 is 1.84 bits per heavy atom. The summed E-state index contributed by atoms with van der Waals surface area (Å²) in [5.74, 6) is 0.795. The first kappa shape index (κ1) is 13.1. The minimum atomic E-state index is 0.638. The van der Waals surface area contributed by atoms with E-state index in [0.717, 1.165) is 17.2 Å². The van der Waals surface area contributed by atoms with Crippen LogP contribution in [-0.2, 0) is 0 Å². The van der Waals surface area contributed by atoms with Crippen molar-refractivity contribution in [2.75, 3.05) is 11.9 Å². The Morgan fingerprint density at radius 3 is 2.47 bits per heavy atom. The molecule has 3 heteroatoms. The third kappa shape index (κ3) is 2.74. The molecule has 2 aromatic rings. The van der Waals surface area contributed by atoms with Gasteiger partial charge >= 0.3 is 0 Å². The summed E-state index contributed by atoms with van der Waals surface area (Å²) in [4.78, 5) is 6.51. The van der Waals surface area contributed by atoms with Crippen molar-refractivity contribution >= 4 is 11.5 Å². The number of aromatic nitrogens is 1. The van der Waals surface area contributed by atoms with Gasteiger partial charge in [-0.15, -0.1) is 0 Å². The van der Waals surface area contributed by atoms with E-state index in [0.29, 0.717) is 5.56 Å². The number of nitriles is 1. The van der Waals surface area contributed by atoms with Gasteiger partial charge in [0.25, 0.3) is 0 Å². The minimum absolute atomic E-state index is 0.638. The molecule has 3 nitrogen and oxygen atoms in total. The predicted octanol–water partition coefficient (Wildman–Crippen LogP) is 3.65. The van der Waals surface area contributed by atoms with Crippen LogP contribution in [0.15, 0.2) is 30.3 Å². The topological polar surface area (TPSA) is 39.9 Å². The number of benzene rings is 1. The largest absolute Gasteiger partial charge is 0.329 e. The SMILES string of the molecule is Cc1ccc(N(C)c2cc(C#N)cc(C)n2)c(C)c1. The van der Waals surface area contributed by atoms with Crippen LogP contribution in [0.5, 0.6) is 0 Å². The van der Waals surface area contributed by atoms with Crippen LogP contribution in [-0.4, -0.2) is 12.0 Å². The first-order valence-corrected chi connectivity index (χ1v) is 6.21. The Hall–Kier alpha value is -2.34. The lowest BCUT2D eigenvalue weighted by Crippen LogP contribution is -2.13. The number of pyridine rings is 1. The first-order valence-electron chi connectivity index (χ1n) is 6.21. The fourth-order valence-corrected chi connectivity index (χ4v) is 2.19. The maximum absolute atomic E-state index is 9.03. The molecule has 0 N–H and O–H groups in total. The van der Waals surface area contributed by atoms with E-state index in [1.807, 2.05) is 24.9 Å². The second kappa shape index (κ2) is 5.11. The Morgan fingerprint density at radius 1 is 1.11 bits per heavy atom. The highest BCUT2D eigenvalue weighted by Crippen LogP contribution is 2.26. The van der Waals surface area contributed by atoms with Gasteiger partial charge in [-0.25, -0.2) is 4.98 Å². The third-order valence-corrected chi connectivity index (χ3v) is 3.13. The van der Waals surface area contributed by atoms with Gasteiger partial charge in [0, 0.05) is 18.4 Å². The number of anilines is 2. The zero-order chi connectivity index (χ0) is 14.0. The number of hydrogen-bond donors (Lipinski definition) is 0. The van der Waals surface area contributed by atoms with Crippen molar-refractivity contribution in [3.8, 4) is 6.07 Å². The second-order valence-corrected chi connectivity index (χ2v) is 4.82. The molecular formula is C16H17N3. The van der Waals surface area contributed by atoms with Crippen LogP contribution in [0.4, 0.5) is 11.5 Å². The molecule has 0 bridgehead atoms. The van der Waals surface area contributed by atoms with Crippen molar-refractivity contribution in [1.29, 1.82) is 5.26 Å². The molecule has 0 saturated heterocycles. The van der Waals surface area contributed by atoms with E-state index in [1.54, 1.807) is 6.07 Å². The number of nitrogens with zero attached hydrogens (tertiary/aromatic N) is 3. The summed E-state index contributed by atoms with van der Waals surface area (Å²) >= 11 is 0. The van der Waals surface area contributed by atoms with Gasteiger partial charge in [-0.1, -0.05) is 17.7 Å². The average Bonchev–Trinajstić information content (AvgIpc) is 2.37. The van der Waals surface area contributed by atoms with Crippen molar-refractivity contribution in [1.82, 2.24) is 4.98 Å². The molecule has 0 aliphatic heterocycles. The van der Waals surface area contributed by atoms with Crippen LogP contribution in [0.25, 0.3) is 0 Å². The molecule has 19 heavy (non-hydrogen) atoms. The zero-order valence-corrected chi connectivity index (χ0v) is 11.7. The van der Waals surface area contributed by atoms with Crippen LogP contribution in [0.2, 0.25) is 0 Å². The Bertz CT molecular complexity index is 654. The lowest BCUT2D eigenvalue weighted by atomic mass is 10.1. The van der Waals surface area contributed by atoms with Gasteiger partial charge in [0.15, 0.2) is 0 Å². The van der Waals surface area contributed by atoms with E-state index >= 15 is 0 Å². The minimum Gasteiger partial charge on any atom is -0.329 e. The van der Waals surface area contributed by atoms with Crippen LogP contribution >= 0.6 is 0 Å².